The molecule has 1 aliphatic heterocycles. The minimum atomic E-state index is -0.647. The van der Waals surface area contributed by atoms with Crippen LogP contribution in [-0.4, -0.2) is 54.7 Å². The largest absolute Gasteiger partial charge is 0.467 e. The number of ether oxygens (including phenoxy) is 2. The molecule has 104 valence electrons. The predicted molar refractivity (Wildman–Crippen MR) is 68.9 cm³/mol. The van der Waals surface area contributed by atoms with Crippen LogP contribution in [0.25, 0.3) is 0 Å². The lowest BCUT2D eigenvalue weighted by atomic mass is 10.2. The van der Waals surface area contributed by atoms with Crippen molar-refractivity contribution in [2.45, 2.75) is 19.4 Å². The second-order valence-electron chi connectivity index (χ2n) is 4.24. The summed E-state index contributed by atoms with van der Waals surface area (Å²) in [4.78, 5) is 29.6. The molecule has 19 heavy (non-hydrogen) atoms. The van der Waals surface area contributed by atoms with Crippen LogP contribution >= 0.6 is 11.3 Å². The van der Waals surface area contributed by atoms with Gasteiger partial charge in [0, 0.05) is 11.9 Å². The van der Waals surface area contributed by atoms with E-state index >= 15 is 0 Å². The van der Waals surface area contributed by atoms with Crippen LogP contribution in [0, 0.1) is 6.92 Å². The standard InChI is InChI=1S/C12H16N2O4S/c1-8-13-9(7-19-8)5-11(15)14-3-4-18-6-10(14)12(16)17-2/h7,10H,3-6H2,1-2H3. The van der Waals surface area contributed by atoms with Gasteiger partial charge in [0.1, 0.15) is 0 Å². The summed E-state index contributed by atoms with van der Waals surface area (Å²) in [5.74, 6) is -0.563. The molecule has 1 aromatic rings. The van der Waals surface area contributed by atoms with E-state index in [9.17, 15) is 9.59 Å². The van der Waals surface area contributed by atoms with Gasteiger partial charge < -0.3 is 14.4 Å². The number of carbonyl (C=O) groups is 2. The van der Waals surface area contributed by atoms with Gasteiger partial charge in [0.25, 0.3) is 0 Å². The first-order chi connectivity index (χ1) is 9.11. The van der Waals surface area contributed by atoms with Gasteiger partial charge in [-0.05, 0) is 6.92 Å². The van der Waals surface area contributed by atoms with Gasteiger partial charge in [-0.2, -0.15) is 0 Å². The number of carbonyl (C=O) groups excluding carboxylic acids is 2. The normalized spacial score (nSPS) is 19.3. The van der Waals surface area contributed by atoms with E-state index in [4.69, 9.17) is 9.47 Å². The molecule has 2 heterocycles. The van der Waals surface area contributed by atoms with Gasteiger partial charge in [-0.25, -0.2) is 9.78 Å². The summed E-state index contributed by atoms with van der Waals surface area (Å²) in [6.45, 7) is 2.93. The molecule has 1 unspecified atom stereocenters. The molecule has 7 heteroatoms. The predicted octanol–water partition coefficient (Wildman–Crippen LogP) is 0.394. The molecule has 6 nitrogen and oxygen atoms in total. The lowest BCUT2D eigenvalue weighted by Crippen LogP contribution is -2.53. The molecule has 0 radical (unpaired) electrons. The van der Waals surface area contributed by atoms with Gasteiger partial charge in [0.15, 0.2) is 6.04 Å². The van der Waals surface area contributed by atoms with E-state index in [0.29, 0.717) is 13.2 Å². The van der Waals surface area contributed by atoms with Crippen LogP contribution in [0.3, 0.4) is 0 Å². The average Bonchev–Trinajstić information content (AvgIpc) is 2.83. The molecule has 0 bridgehead atoms. The van der Waals surface area contributed by atoms with Crippen LogP contribution in [0.5, 0.6) is 0 Å². The maximum Gasteiger partial charge on any atom is 0.331 e. The molecule has 2 rings (SSSR count). The second-order valence-corrected chi connectivity index (χ2v) is 5.30. The van der Waals surface area contributed by atoms with Gasteiger partial charge in [-0.15, -0.1) is 11.3 Å². The van der Waals surface area contributed by atoms with E-state index < -0.39 is 12.0 Å². The number of morpholine rings is 1. The number of hydrogen-bond donors (Lipinski definition) is 0. The molecule has 1 amide bonds. The van der Waals surface area contributed by atoms with Crippen LogP contribution in [0.1, 0.15) is 10.7 Å². The number of esters is 1. The highest BCUT2D eigenvalue weighted by atomic mass is 32.1. The van der Waals surface area contributed by atoms with Crippen LogP contribution in [0.15, 0.2) is 5.38 Å². The van der Waals surface area contributed by atoms with E-state index in [0.717, 1.165) is 10.7 Å². The van der Waals surface area contributed by atoms with E-state index in [1.807, 2.05) is 12.3 Å². The number of hydrogen-bond acceptors (Lipinski definition) is 6. The van der Waals surface area contributed by atoms with Gasteiger partial charge >= 0.3 is 5.97 Å². The van der Waals surface area contributed by atoms with E-state index in [2.05, 4.69) is 4.98 Å². The Morgan fingerprint density at radius 3 is 3.05 bits per heavy atom. The van der Waals surface area contributed by atoms with Crippen molar-refractivity contribution < 1.29 is 19.1 Å². The van der Waals surface area contributed by atoms with Gasteiger partial charge in [0.2, 0.25) is 5.91 Å². The third-order valence-electron chi connectivity index (χ3n) is 2.92. The van der Waals surface area contributed by atoms with Gasteiger partial charge in [-0.3, -0.25) is 4.79 Å². The molecule has 0 aliphatic carbocycles. The molecule has 1 aromatic heterocycles. The zero-order valence-corrected chi connectivity index (χ0v) is 11.7. The molecule has 0 aromatic carbocycles. The highest BCUT2D eigenvalue weighted by Crippen LogP contribution is 2.13. The molecule has 0 saturated carbocycles. The Hall–Kier alpha value is -1.47. The van der Waals surface area contributed by atoms with Crippen molar-refractivity contribution in [3.8, 4) is 0 Å². The Morgan fingerprint density at radius 2 is 2.42 bits per heavy atom. The van der Waals surface area contributed by atoms with Crippen LogP contribution in [-0.2, 0) is 25.5 Å². The SMILES string of the molecule is COC(=O)C1COCCN1C(=O)Cc1csc(C)n1. The van der Waals surface area contributed by atoms with E-state index in [1.54, 1.807) is 0 Å². The summed E-state index contributed by atoms with van der Waals surface area (Å²) in [5.41, 5.74) is 0.739. The zero-order valence-electron chi connectivity index (χ0n) is 10.9. The molecule has 1 fully saturated rings. The first-order valence-corrected chi connectivity index (χ1v) is 6.86. The molecule has 1 atom stereocenters. The molecule has 1 saturated heterocycles. The Balaban J connectivity index is 2.05. The summed E-state index contributed by atoms with van der Waals surface area (Å²) in [6.07, 6.45) is 0.206. The molecule has 0 N–H and O–H groups in total. The highest BCUT2D eigenvalue weighted by molar-refractivity contribution is 7.09. The lowest BCUT2D eigenvalue weighted by Gasteiger charge is -2.33. The fourth-order valence-corrected chi connectivity index (χ4v) is 2.59. The second kappa shape index (κ2) is 6.12. The molecular weight excluding hydrogens is 268 g/mol. The highest BCUT2D eigenvalue weighted by Gasteiger charge is 2.33. The van der Waals surface area contributed by atoms with Gasteiger partial charge in [0.05, 0.1) is 37.4 Å². The quantitative estimate of drug-likeness (QED) is 0.751. The fourth-order valence-electron chi connectivity index (χ4n) is 1.98. The van der Waals surface area contributed by atoms with Crippen molar-refractivity contribution in [3.05, 3.63) is 16.1 Å². The van der Waals surface area contributed by atoms with Gasteiger partial charge in [-0.1, -0.05) is 0 Å². The lowest BCUT2D eigenvalue weighted by molar-refractivity contribution is -0.160. The van der Waals surface area contributed by atoms with Crippen molar-refractivity contribution in [2.75, 3.05) is 26.9 Å². The first kappa shape index (κ1) is 14.0. The average molecular weight is 284 g/mol. The van der Waals surface area contributed by atoms with Crippen LogP contribution < -0.4 is 0 Å². The Morgan fingerprint density at radius 1 is 1.63 bits per heavy atom. The molecule has 0 spiro atoms. The van der Waals surface area contributed by atoms with E-state index in [-0.39, 0.29) is 18.9 Å². The van der Waals surface area contributed by atoms with E-state index in [1.165, 1.54) is 23.3 Å². The van der Waals surface area contributed by atoms with Crippen molar-refractivity contribution >= 4 is 23.2 Å². The van der Waals surface area contributed by atoms with Crippen molar-refractivity contribution in [3.63, 3.8) is 0 Å². The summed E-state index contributed by atoms with van der Waals surface area (Å²) >= 11 is 1.51. The third-order valence-corrected chi connectivity index (χ3v) is 3.74. The minimum Gasteiger partial charge on any atom is -0.467 e. The Labute approximate surface area is 115 Å². The zero-order chi connectivity index (χ0) is 13.8. The molecular formula is C12H16N2O4S. The summed E-state index contributed by atoms with van der Waals surface area (Å²) < 4.78 is 9.93. The first-order valence-electron chi connectivity index (χ1n) is 5.98. The van der Waals surface area contributed by atoms with Crippen LogP contribution in [0.4, 0.5) is 0 Å². The maximum absolute atomic E-state index is 12.2. The van der Waals surface area contributed by atoms with Crippen LogP contribution in [0.2, 0.25) is 0 Å². The number of methoxy groups -OCH3 is 1. The molecule has 1 aliphatic rings. The summed E-state index contributed by atoms with van der Waals surface area (Å²) in [7, 11) is 1.31. The van der Waals surface area contributed by atoms with Crippen molar-refractivity contribution in [2.24, 2.45) is 0 Å². The minimum absolute atomic E-state index is 0.121. The number of nitrogens with zero attached hydrogens (tertiary/aromatic N) is 2. The number of aryl methyl sites for hydroxylation is 1. The smallest absolute Gasteiger partial charge is 0.331 e. The topological polar surface area (TPSA) is 68.7 Å². The van der Waals surface area contributed by atoms with Crippen molar-refractivity contribution in [1.29, 1.82) is 0 Å². The summed E-state index contributed by atoms with van der Waals surface area (Å²) in [5, 5.41) is 2.79. The number of amides is 1. The number of rotatable bonds is 3. The Bertz CT molecular complexity index is 474. The maximum atomic E-state index is 12.2. The summed E-state index contributed by atoms with van der Waals surface area (Å²) in [6, 6.07) is -0.647. The number of thiazole rings is 1. The third kappa shape index (κ3) is 3.30. The number of aromatic nitrogens is 1. The monoisotopic (exact) mass is 284 g/mol. The Kier molecular flexibility index (Phi) is 4.49. The fraction of sp³-hybridized carbons (Fsp3) is 0.583. The van der Waals surface area contributed by atoms with Crippen molar-refractivity contribution in [1.82, 2.24) is 9.88 Å².